The summed E-state index contributed by atoms with van der Waals surface area (Å²) in [6.07, 6.45) is 6.33. The summed E-state index contributed by atoms with van der Waals surface area (Å²) in [6.45, 7) is 5.80. The average molecular weight is 222 g/mol. The minimum Gasteiger partial charge on any atom is -0.355 e. The van der Waals surface area contributed by atoms with Crippen molar-refractivity contribution in [3.05, 3.63) is 12.4 Å². The third kappa shape index (κ3) is 2.55. The maximum Gasteiger partial charge on any atom is 0.202 e. The molecule has 2 heterocycles. The molecule has 1 aromatic rings. The zero-order chi connectivity index (χ0) is 11.6. The van der Waals surface area contributed by atoms with E-state index in [9.17, 15) is 0 Å². The molecule has 0 unspecified atom stereocenters. The number of aromatic nitrogens is 2. The van der Waals surface area contributed by atoms with Crippen LogP contribution in [-0.2, 0) is 7.05 Å². The van der Waals surface area contributed by atoms with Gasteiger partial charge >= 0.3 is 0 Å². The van der Waals surface area contributed by atoms with E-state index in [0.29, 0.717) is 5.41 Å². The van der Waals surface area contributed by atoms with Crippen LogP contribution in [0.25, 0.3) is 0 Å². The molecule has 16 heavy (non-hydrogen) atoms. The fourth-order valence-corrected chi connectivity index (χ4v) is 2.16. The lowest BCUT2D eigenvalue weighted by Gasteiger charge is -2.38. The molecular weight excluding hydrogens is 200 g/mol. The van der Waals surface area contributed by atoms with E-state index in [1.165, 1.54) is 25.9 Å². The van der Waals surface area contributed by atoms with Crippen molar-refractivity contribution in [2.45, 2.75) is 19.8 Å². The quantitative estimate of drug-likeness (QED) is 0.842. The highest BCUT2D eigenvalue weighted by atomic mass is 15.2. The van der Waals surface area contributed by atoms with Crippen molar-refractivity contribution < 1.29 is 0 Å². The SMILES string of the molecule is CN1CCC(C)(CNc2nccn2C)CC1. The first-order chi connectivity index (χ1) is 7.59. The zero-order valence-corrected chi connectivity index (χ0v) is 10.5. The zero-order valence-electron chi connectivity index (χ0n) is 10.5. The molecule has 0 spiro atoms. The summed E-state index contributed by atoms with van der Waals surface area (Å²) < 4.78 is 2.03. The van der Waals surface area contributed by atoms with Crippen LogP contribution in [0.15, 0.2) is 12.4 Å². The molecule has 0 saturated carbocycles. The second-order valence-corrected chi connectivity index (χ2v) is 5.33. The summed E-state index contributed by atoms with van der Waals surface area (Å²) in [5, 5.41) is 3.45. The van der Waals surface area contributed by atoms with Crippen molar-refractivity contribution in [2.75, 3.05) is 32.0 Å². The summed E-state index contributed by atoms with van der Waals surface area (Å²) in [6, 6.07) is 0. The van der Waals surface area contributed by atoms with Crippen molar-refractivity contribution >= 4 is 5.95 Å². The molecule has 2 rings (SSSR count). The Labute approximate surface area is 97.7 Å². The molecule has 90 valence electrons. The van der Waals surface area contributed by atoms with E-state index in [1.807, 2.05) is 24.0 Å². The predicted molar refractivity (Wildman–Crippen MR) is 66.5 cm³/mol. The van der Waals surface area contributed by atoms with Gasteiger partial charge in [-0.15, -0.1) is 0 Å². The number of likely N-dealkylation sites (tertiary alicyclic amines) is 1. The molecule has 1 N–H and O–H groups in total. The summed E-state index contributed by atoms with van der Waals surface area (Å²) in [4.78, 5) is 6.69. The molecule has 0 aromatic carbocycles. The number of nitrogens with one attached hydrogen (secondary N) is 1. The Morgan fingerprint density at radius 1 is 1.38 bits per heavy atom. The number of hydrogen-bond acceptors (Lipinski definition) is 3. The number of rotatable bonds is 3. The molecule has 4 nitrogen and oxygen atoms in total. The van der Waals surface area contributed by atoms with Crippen LogP contribution in [-0.4, -0.2) is 41.1 Å². The van der Waals surface area contributed by atoms with Gasteiger partial charge in [0.25, 0.3) is 0 Å². The van der Waals surface area contributed by atoms with Crippen LogP contribution < -0.4 is 5.32 Å². The third-order valence-corrected chi connectivity index (χ3v) is 3.69. The predicted octanol–water partition coefficient (Wildman–Crippen LogP) is 1.56. The van der Waals surface area contributed by atoms with Crippen LogP contribution in [0.4, 0.5) is 5.95 Å². The van der Waals surface area contributed by atoms with Gasteiger partial charge in [0.15, 0.2) is 0 Å². The lowest BCUT2D eigenvalue weighted by atomic mass is 9.80. The van der Waals surface area contributed by atoms with Gasteiger partial charge in [0.05, 0.1) is 0 Å². The second-order valence-electron chi connectivity index (χ2n) is 5.33. The fraction of sp³-hybridized carbons (Fsp3) is 0.750. The molecule has 1 aliphatic rings. The maximum atomic E-state index is 4.29. The van der Waals surface area contributed by atoms with Crippen LogP contribution in [0, 0.1) is 5.41 Å². The van der Waals surface area contributed by atoms with Gasteiger partial charge in [-0.25, -0.2) is 4.98 Å². The number of anilines is 1. The molecule has 1 fully saturated rings. The third-order valence-electron chi connectivity index (χ3n) is 3.69. The summed E-state index contributed by atoms with van der Waals surface area (Å²) in [5.41, 5.74) is 0.415. The average Bonchev–Trinajstić information content (AvgIpc) is 2.67. The highest BCUT2D eigenvalue weighted by Crippen LogP contribution is 2.30. The van der Waals surface area contributed by atoms with E-state index in [-0.39, 0.29) is 0 Å². The van der Waals surface area contributed by atoms with E-state index in [4.69, 9.17) is 0 Å². The Morgan fingerprint density at radius 2 is 2.06 bits per heavy atom. The molecule has 0 amide bonds. The van der Waals surface area contributed by atoms with E-state index < -0.39 is 0 Å². The van der Waals surface area contributed by atoms with E-state index in [1.54, 1.807) is 0 Å². The van der Waals surface area contributed by atoms with Crippen LogP contribution in [0.2, 0.25) is 0 Å². The Morgan fingerprint density at radius 3 is 2.62 bits per heavy atom. The van der Waals surface area contributed by atoms with Gasteiger partial charge in [-0.1, -0.05) is 6.92 Å². The second kappa shape index (κ2) is 4.45. The molecule has 4 heteroatoms. The molecule has 1 saturated heterocycles. The largest absolute Gasteiger partial charge is 0.355 e. The number of hydrogen-bond donors (Lipinski definition) is 1. The number of imidazole rings is 1. The van der Waals surface area contributed by atoms with Crippen LogP contribution >= 0.6 is 0 Å². The molecule has 1 aromatic heterocycles. The van der Waals surface area contributed by atoms with Crippen molar-refractivity contribution in [2.24, 2.45) is 12.5 Å². The smallest absolute Gasteiger partial charge is 0.202 e. The normalized spacial score (nSPS) is 20.9. The first kappa shape index (κ1) is 11.5. The van der Waals surface area contributed by atoms with Gasteiger partial charge in [-0.3, -0.25) is 0 Å². The fourth-order valence-electron chi connectivity index (χ4n) is 2.16. The van der Waals surface area contributed by atoms with Gasteiger partial charge in [-0.2, -0.15) is 0 Å². The molecule has 0 atom stereocenters. The van der Waals surface area contributed by atoms with Gasteiger partial charge in [-0.05, 0) is 38.4 Å². The van der Waals surface area contributed by atoms with Crippen molar-refractivity contribution in [1.82, 2.24) is 14.5 Å². The standard InChI is InChI=1S/C12H22N4/c1-12(4-7-15(2)8-5-12)10-14-11-13-6-9-16(11)3/h6,9H,4-5,7-8,10H2,1-3H3,(H,13,14). The Hall–Kier alpha value is -1.03. The topological polar surface area (TPSA) is 33.1 Å². The highest BCUT2D eigenvalue weighted by molar-refractivity contribution is 5.25. The van der Waals surface area contributed by atoms with Crippen LogP contribution in [0.3, 0.4) is 0 Å². The molecule has 0 radical (unpaired) electrons. The molecular formula is C12H22N4. The van der Waals surface area contributed by atoms with Crippen LogP contribution in [0.5, 0.6) is 0 Å². The van der Waals surface area contributed by atoms with Crippen LogP contribution in [0.1, 0.15) is 19.8 Å². The summed E-state index contributed by atoms with van der Waals surface area (Å²) >= 11 is 0. The van der Waals surface area contributed by atoms with Gasteiger partial charge < -0.3 is 14.8 Å². The van der Waals surface area contributed by atoms with Crippen molar-refractivity contribution in [3.63, 3.8) is 0 Å². The lowest BCUT2D eigenvalue weighted by Crippen LogP contribution is -2.40. The van der Waals surface area contributed by atoms with Gasteiger partial charge in [0.2, 0.25) is 5.95 Å². The molecule has 1 aliphatic heterocycles. The molecule has 0 bridgehead atoms. The molecule has 0 aliphatic carbocycles. The Bertz CT molecular complexity index is 337. The van der Waals surface area contributed by atoms with Gasteiger partial charge in [0.1, 0.15) is 0 Å². The lowest BCUT2D eigenvalue weighted by molar-refractivity contribution is 0.150. The number of piperidine rings is 1. The monoisotopic (exact) mass is 222 g/mol. The highest BCUT2D eigenvalue weighted by Gasteiger charge is 2.28. The minimum absolute atomic E-state index is 0.415. The minimum atomic E-state index is 0.415. The summed E-state index contributed by atoms with van der Waals surface area (Å²) in [7, 11) is 4.22. The number of aryl methyl sites for hydroxylation is 1. The van der Waals surface area contributed by atoms with E-state index >= 15 is 0 Å². The Balaban J connectivity index is 1.88. The first-order valence-corrected chi connectivity index (χ1v) is 5.99. The maximum absolute atomic E-state index is 4.29. The Kier molecular flexibility index (Phi) is 3.19. The number of nitrogens with zero attached hydrogens (tertiary/aromatic N) is 3. The summed E-state index contributed by atoms with van der Waals surface area (Å²) in [5.74, 6) is 0.972. The first-order valence-electron chi connectivity index (χ1n) is 5.99. The van der Waals surface area contributed by atoms with E-state index in [0.717, 1.165) is 12.5 Å². The van der Waals surface area contributed by atoms with Crippen molar-refractivity contribution in [1.29, 1.82) is 0 Å². The van der Waals surface area contributed by atoms with E-state index in [2.05, 4.69) is 29.2 Å². The van der Waals surface area contributed by atoms with Gasteiger partial charge in [0, 0.05) is 26.0 Å². The van der Waals surface area contributed by atoms with Crippen molar-refractivity contribution in [3.8, 4) is 0 Å².